The molecule has 1 atom stereocenters. The van der Waals surface area contributed by atoms with Crippen molar-refractivity contribution in [3.05, 3.63) is 89.5 Å². The maximum atomic E-state index is 10.3. The Morgan fingerprint density at radius 1 is 1.06 bits per heavy atom. The third-order valence-electron chi connectivity index (χ3n) is 4.72. The van der Waals surface area contributed by atoms with Gasteiger partial charge in [-0.3, -0.25) is 0 Å². The van der Waals surface area contributed by atoms with Gasteiger partial charge in [0.15, 0.2) is 5.75 Å². The molecule has 8 heteroatoms. The Labute approximate surface area is 190 Å². The maximum Gasteiger partial charge on any atom is 0.254 e. The van der Waals surface area contributed by atoms with Crippen LogP contribution in [0.25, 0.3) is 22.8 Å². The summed E-state index contributed by atoms with van der Waals surface area (Å²) < 4.78 is 11.6. The van der Waals surface area contributed by atoms with Gasteiger partial charge in [0.05, 0.1) is 6.61 Å². The highest BCUT2D eigenvalue weighted by Gasteiger charge is 2.33. The largest absolute Gasteiger partial charge is 0.457 e. The van der Waals surface area contributed by atoms with E-state index in [0.29, 0.717) is 21.7 Å². The Bertz CT molecular complexity index is 1200. The van der Waals surface area contributed by atoms with Crippen LogP contribution in [-0.4, -0.2) is 37.3 Å². The standard InChI is InChI=1S/C24H22ClN3O4/c1-3-16-8-10-17(11-9-16)15-31-23(24(2,29)30)32-22-13-12-18(25)14-21(22)28-26-19-6-4-5-7-20(19)27-28/h3-14,23,29-30H,1,15H2,2H3. The lowest BCUT2D eigenvalue weighted by atomic mass is 10.1. The lowest BCUT2D eigenvalue weighted by Crippen LogP contribution is -2.45. The van der Waals surface area contributed by atoms with Gasteiger partial charge in [0.25, 0.3) is 6.29 Å². The number of hydrogen-bond acceptors (Lipinski definition) is 6. The Kier molecular flexibility index (Phi) is 6.25. The molecule has 1 heterocycles. The lowest BCUT2D eigenvalue weighted by Gasteiger charge is -2.29. The summed E-state index contributed by atoms with van der Waals surface area (Å²) in [7, 11) is 0. The highest BCUT2D eigenvalue weighted by atomic mass is 35.5. The fourth-order valence-corrected chi connectivity index (χ4v) is 3.22. The smallest absolute Gasteiger partial charge is 0.254 e. The van der Waals surface area contributed by atoms with Crippen molar-refractivity contribution in [2.75, 3.05) is 0 Å². The van der Waals surface area contributed by atoms with E-state index < -0.39 is 12.1 Å². The summed E-state index contributed by atoms with van der Waals surface area (Å²) in [5.41, 5.74) is 3.64. The van der Waals surface area contributed by atoms with Crippen molar-refractivity contribution in [2.45, 2.75) is 25.6 Å². The van der Waals surface area contributed by atoms with Crippen molar-refractivity contribution in [3.63, 3.8) is 0 Å². The minimum Gasteiger partial charge on any atom is -0.457 e. The molecule has 0 amide bonds. The van der Waals surface area contributed by atoms with E-state index in [4.69, 9.17) is 21.1 Å². The van der Waals surface area contributed by atoms with Crippen LogP contribution < -0.4 is 4.74 Å². The van der Waals surface area contributed by atoms with Crippen molar-refractivity contribution in [3.8, 4) is 11.4 Å². The zero-order chi connectivity index (χ0) is 22.7. The number of benzene rings is 3. The predicted octanol–water partition coefficient (Wildman–Crippen LogP) is 4.34. The molecule has 1 unspecified atom stereocenters. The maximum absolute atomic E-state index is 10.3. The van der Waals surface area contributed by atoms with Gasteiger partial charge in [-0.25, -0.2) is 0 Å². The molecule has 0 fully saturated rings. The van der Waals surface area contributed by atoms with Crippen LogP contribution in [0.15, 0.2) is 73.3 Å². The molecule has 0 aliphatic heterocycles. The molecule has 0 aliphatic rings. The third-order valence-corrected chi connectivity index (χ3v) is 4.96. The first kappa shape index (κ1) is 22.0. The fourth-order valence-electron chi connectivity index (χ4n) is 3.05. The molecule has 2 N–H and O–H groups in total. The van der Waals surface area contributed by atoms with Gasteiger partial charge < -0.3 is 19.7 Å². The van der Waals surface area contributed by atoms with Gasteiger partial charge in [-0.05, 0) is 48.4 Å². The molecule has 0 spiro atoms. The molecule has 1 aromatic heterocycles. The molecule has 4 rings (SSSR count). The Hall–Kier alpha value is -3.23. The van der Waals surface area contributed by atoms with Gasteiger partial charge in [0.1, 0.15) is 16.7 Å². The van der Waals surface area contributed by atoms with Crippen molar-refractivity contribution in [2.24, 2.45) is 0 Å². The lowest BCUT2D eigenvalue weighted by molar-refractivity contribution is -0.287. The van der Waals surface area contributed by atoms with Gasteiger partial charge in [0, 0.05) is 5.02 Å². The van der Waals surface area contributed by atoms with E-state index in [9.17, 15) is 10.2 Å². The fraction of sp³-hybridized carbons (Fsp3) is 0.167. The van der Waals surface area contributed by atoms with Crippen LogP contribution in [-0.2, 0) is 11.3 Å². The first-order valence-corrected chi connectivity index (χ1v) is 10.3. The van der Waals surface area contributed by atoms with Crippen molar-refractivity contribution in [1.29, 1.82) is 0 Å². The number of rotatable bonds is 8. The minimum absolute atomic E-state index is 0.103. The average Bonchev–Trinajstić information content (AvgIpc) is 3.21. The summed E-state index contributed by atoms with van der Waals surface area (Å²) in [6, 6.07) is 19.8. The molecular weight excluding hydrogens is 430 g/mol. The topological polar surface area (TPSA) is 89.6 Å². The van der Waals surface area contributed by atoms with Crippen molar-refractivity contribution >= 4 is 28.7 Å². The van der Waals surface area contributed by atoms with E-state index in [1.54, 1.807) is 24.3 Å². The van der Waals surface area contributed by atoms with E-state index in [1.807, 2.05) is 48.5 Å². The number of fused-ring (bicyclic) bond motifs is 1. The second kappa shape index (κ2) is 9.10. The number of aromatic nitrogens is 3. The summed E-state index contributed by atoms with van der Waals surface area (Å²) >= 11 is 6.20. The Balaban J connectivity index is 1.61. The molecule has 164 valence electrons. The molecule has 3 aromatic carbocycles. The Morgan fingerprint density at radius 3 is 2.31 bits per heavy atom. The Morgan fingerprint density at radius 2 is 1.72 bits per heavy atom. The van der Waals surface area contributed by atoms with E-state index in [0.717, 1.165) is 11.1 Å². The molecule has 0 saturated carbocycles. The SMILES string of the molecule is C=Cc1ccc(COC(Oc2ccc(Cl)cc2-n2nc3ccccc3n2)C(C)(O)O)cc1. The normalized spacial score (nSPS) is 12.6. The van der Waals surface area contributed by atoms with Crippen LogP contribution in [0.2, 0.25) is 5.02 Å². The molecular formula is C24H22ClN3O4. The number of ether oxygens (including phenoxy) is 2. The molecule has 7 nitrogen and oxygen atoms in total. The van der Waals surface area contributed by atoms with Crippen LogP contribution >= 0.6 is 11.6 Å². The van der Waals surface area contributed by atoms with Gasteiger partial charge >= 0.3 is 0 Å². The molecule has 0 aliphatic carbocycles. The number of halogens is 1. The number of hydrogen-bond donors (Lipinski definition) is 2. The van der Waals surface area contributed by atoms with E-state index in [-0.39, 0.29) is 12.4 Å². The highest BCUT2D eigenvalue weighted by Crippen LogP contribution is 2.29. The van der Waals surface area contributed by atoms with Crippen LogP contribution in [0.3, 0.4) is 0 Å². The highest BCUT2D eigenvalue weighted by molar-refractivity contribution is 6.30. The predicted molar refractivity (Wildman–Crippen MR) is 122 cm³/mol. The van der Waals surface area contributed by atoms with Gasteiger partial charge in [-0.2, -0.15) is 0 Å². The van der Waals surface area contributed by atoms with Gasteiger partial charge in [-0.15, -0.1) is 15.0 Å². The summed E-state index contributed by atoms with van der Waals surface area (Å²) in [6.07, 6.45) is 0.343. The van der Waals surface area contributed by atoms with Gasteiger partial charge in [-0.1, -0.05) is 60.7 Å². The average molecular weight is 452 g/mol. The summed E-state index contributed by atoms with van der Waals surface area (Å²) in [5.74, 6) is -2.00. The minimum atomic E-state index is -2.28. The van der Waals surface area contributed by atoms with Gasteiger partial charge in [0.2, 0.25) is 5.79 Å². The third kappa shape index (κ3) is 4.98. The van der Waals surface area contributed by atoms with E-state index in [1.165, 1.54) is 11.7 Å². The summed E-state index contributed by atoms with van der Waals surface area (Å²) in [4.78, 5) is 1.39. The first-order chi connectivity index (χ1) is 15.3. The molecule has 4 aromatic rings. The first-order valence-electron chi connectivity index (χ1n) is 9.90. The number of aliphatic hydroxyl groups is 2. The van der Waals surface area contributed by atoms with Crippen LogP contribution in [0.5, 0.6) is 5.75 Å². The van der Waals surface area contributed by atoms with E-state index in [2.05, 4.69) is 16.8 Å². The quantitative estimate of drug-likeness (QED) is 0.387. The van der Waals surface area contributed by atoms with Crippen LogP contribution in [0.4, 0.5) is 0 Å². The molecule has 0 bridgehead atoms. The zero-order valence-corrected chi connectivity index (χ0v) is 18.1. The van der Waals surface area contributed by atoms with Crippen LogP contribution in [0.1, 0.15) is 18.1 Å². The second-order valence-corrected chi connectivity index (χ2v) is 7.83. The van der Waals surface area contributed by atoms with Crippen LogP contribution in [0, 0.1) is 0 Å². The van der Waals surface area contributed by atoms with E-state index >= 15 is 0 Å². The summed E-state index contributed by atoms with van der Waals surface area (Å²) in [6.45, 7) is 5.02. The molecule has 0 saturated heterocycles. The second-order valence-electron chi connectivity index (χ2n) is 7.39. The van der Waals surface area contributed by atoms with Crippen molar-refractivity contribution < 1.29 is 19.7 Å². The molecule has 0 radical (unpaired) electrons. The molecule has 32 heavy (non-hydrogen) atoms. The van der Waals surface area contributed by atoms with Crippen molar-refractivity contribution in [1.82, 2.24) is 15.0 Å². The summed E-state index contributed by atoms with van der Waals surface area (Å²) in [5, 5.41) is 29.9. The monoisotopic (exact) mass is 451 g/mol. The number of nitrogens with zero attached hydrogens (tertiary/aromatic N) is 3. The zero-order valence-electron chi connectivity index (χ0n) is 17.4.